The third kappa shape index (κ3) is 3.39. The molecule has 0 aromatic heterocycles. The monoisotopic (exact) mass is 322 g/mol. The summed E-state index contributed by atoms with van der Waals surface area (Å²) < 4.78 is 1.17. The van der Waals surface area contributed by atoms with Gasteiger partial charge in [-0.15, -0.1) is 0 Å². The van der Waals surface area contributed by atoms with E-state index in [2.05, 4.69) is 50.8 Å². The average molecular weight is 323 g/mol. The highest BCUT2D eigenvalue weighted by Gasteiger charge is 2.34. The van der Waals surface area contributed by atoms with E-state index in [1.807, 2.05) is 0 Å². The normalized spacial score (nSPS) is 30.9. The molecule has 0 amide bonds. The van der Waals surface area contributed by atoms with Crippen molar-refractivity contribution in [3.8, 4) is 0 Å². The summed E-state index contributed by atoms with van der Waals surface area (Å²) in [5.41, 5.74) is 1.37. The minimum atomic E-state index is 0.703. The van der Waals surface area contributed by atoms with Crippen LogP contribution in [0, 0.1) is 5.92 Å². The minimum Gasteiger partial charge on any atom is -0.314 e. The summed E-state index contributed by atoms with van der Waals surface area (Å²) in [7, 11) is 0. The van der Waals surface area contributed by atoms with Gasteiger partial charge in [0.1, 0.15) is 0 Å². The van der Waals surface area contributed by atoms with Crippen molar-refractivity contribution in [1.82, 2.24) is 10.6 Å². The van der Waals surface area contributed by atoms with Gasteiger partial charge in [0, 0.05) is 23.1 Å². The molecule has 2 aliphatic rings. The van der Waals surface area contributed by atoms with Gasteiger partial charge in [0.25, 0.3) is 0 Å². The van der Waals surface area contributed by atoms with Gasteiger partial charge in [-0.1, -0.05) is 34.5 Å². The van der Waals surface area contributed by atoms with Crippen LogP contribution in [0.3, 0.4) is 0 Å². The maximum Gasteiger partial charge on any atom is 0.0208 e. The standard InChI is InChI=1S/C16H23BrN2/c17-13-5-1-4-12(10-13)11-19-16-7-2-6-14(16)15-8-3-9-18-15/h1,4-5,10,14-16,18-19H,2-3,6-9,11H2. The number of nitrogens with one attached hydrogen (secondary N) is 2. The summed E-state index contributed by atoms with van der Waals surface area (Å²) in [6.07, 6.45) is 6.86. The third-order valence-corrected chi connectivity index (χ3v) is 5.14. The maximum absolute atomic E-state index is 3.79. The Bertz CT molecular complexity index is 415. The van der Waals surface area contributed by atoms with Gasteiger partial charge in [-0.05, 0) is 55.8 Å². The van der Waals surface area contributed by atoms with Crippen molar-refractivity contribution < 1.29 is 0 Å². The topological polar surface area (TPSA) is 24.1 Å². The lowest BCUT2D eigenvalue weighted by Gasteiger charge is -2.26. The maximum atomic E-state index is 3.79. The largest absolute Gasteiger partial charge is 0.314 e. The van der Waals surface area contributed by atoms with Gasteiger partial charge in [-0.3, -0.25) is 0 Å². The van der Waals surface area contributed by atoms with Crippen molar-refractivity contribution in [1.29, 1.82) is 0 Å². The quantitative estimate of drug-likeness (QED) is 0.887. The van der Waals surface area contributed by atoms with E-state index in [0.717, 1.165) is 18.5 Å². The average Bonchev–Trinajstić information content (AvgIpc) is 3.07. The second kappa shape index (κ2) is 6.38. The predicted octanol–water partition coefficient (Wildman–Crippen LogP) is 3.46. The van der Waals surface area contributed by atoms with Gasteiger partial charge >= 0.3 is 0 Å². The van der Waals surface area contributed by atoms with Gasteiger partial charge in [0.15, 0.2) is 0 Å². The molecular weight excluding hydrogens is 300 g/mol. The van der Waals surface area contributed by atoms with E-state index in [4.69, 9.17) is 0 Å². The smallest absolute Gasteiger partial charge is 0.0208 e. The van der Waals surface area contributed by atoms with Crippen molar-refractivity contribution in [2.24, 2.45) is 5.92 Å². The molecule has 3 unspecified atom stereocenters. The van der Waals surface area contributed by atoms with E-state index in [1.54, 1.807) is 0 Å². The van der Waals surface area contributed by atoms with Crippen LogP contribution in [-0.4, -0.2) is 18.6 Å². The molecule has 0 spiro atoms. The molecule has 1 aliphatic carbocycles. The highest BCUT2D eigenvalue weighted by atomic mass is 79.9. The number of benzene rings is 1. The molecule has 3 rings (SSSR count). The van der Waals surface area contributed by atoms with Crippen LogP contribution in [0.25, 0.3) is 0 Å². The molecule has 2 fully saturated rings. The Morgan fingerprint density at radius 1 is 1.21 bits per heavy atom. The molecule has 3 atom stereocenters. The Morgan fingerprint density at radius 3 is 2.95 bits per heavy atom. The Kier molecular flexibility index (Phi) is 4.57. The molecule has 1 saturated carbocycles. The van der Waals surface area contributed by atoms with Crippen molar-refractivity contribution in [3.63, 3.8) is 0 Å². The fourth-order valence-corrected chi connectivity index (χ4v) is 4.14. The Balaban J connectivity index is 1.56. The zero-order valence-electron chi connectivity index (χ0n) is 11.4. The molecule has 1 aromatic rings. The Morgan fingerprint density at radius 2 is 2.16 bits per heavy atom. The molecule has 3 heteroatoms. The second-order valence-corrected chi connectivity index (χ2v) is 6.83. The molecule has 1 aliphatic heterocycles. The van der Waals surface area contributed by atoms with E-state index >= 15 is 0 Å². The first kappa shape index (κ1) is 13.6. The molecule has 19 heavy (non-hydrogen) atoms. The summed E-state index contributed by atoms with van der Waals surface area (Å²) in [5.74, 6) is 0.842. The van der Waals surface area contributed by atoms with E-state index in [1.165, 1.54) is 48.7 Å². The van der Waals surface area contributed by atoms with Crippen LogP contribution in [0.5, 0.6) is 0 Å². The van der Waals surface area contributed by atoms with Crippen LogP contribution in [0.15, 0.2) is 28.7 Å². The fourth-order valence-electron chi connectivity index (χ4n) is 3.70. The van der Waals surface area contributed by atoms with Gasteiger partial charge in [0.05, 0.1) is 0 Å². The lowest BCUT2D eigenvalue weighted by atomic mass is 9.93. The first-order chi connectivity index (χ1) is 9.33. The zero-order chi connectivity index (χ0) is 13.1. The van der Waals surface area contributed by atoms with Crippen molar-refractivity contribution in [2.45, 2.75) is 50.7 Å². The van der Waals surface area contributed by atoms with Crippen LogP contribution in [-0.2, 0) is 6.54 Å². The summed E-state index contributed by atoms with van der Waals surface area (Å²) in [6.45, 7) is 2.22. The second-order valence-electron chi connectivity index (χ2n) is 5.91. The molecule has 1 saturated heterocycles. The van der Waals surface area contributed by atoms with E-state index in [0.29, 0.717) is 6.04 Å². The molecule has 1 aromatic carbocycles. The minimum absolute atomic E-state index is 0.703. The number of halogens is 1. The SMILES string of the molecule is Brc1cccc(CNC2CCCC2C2CCCN2)c1. The van der Waals surface area contributed by atoms with Gasteiger partial charge in [0.2, 0.25) is 0 Å². The van der Waals surface area contributed by atoms with Crippen LogP contribution >= 0.6 is 15.9 Å². The Hall–Kier alpha value is -0.380. The van der Waals surface area contributed by atoms with Crippen LogP contribution in [0.2, 0.25) is 0 Å². The lowest BCUT2D eigenvalue weighted by Crippen LogP contribution is -2.41. The van der Waals surface area contributed by atoms with E-state index in [-0.39, 0.29) is 0 Å². The summed E-state index contributed by atoms with van der Waals surface area (Å²) in [4.78, 5) is 0. The zero-order valence-corrected chi connectivity index (χ0v) is 13.0. The number of rotatable bonds is 4. The lowest BCUT2D eigenvalue weighted by molar-refractivity contribution is 0.320. The molecular formula is C16H23BrN2. The predicted molar refractivity (Wildman–Crippen MR) is 83.1 cm³/mol. The highest BCUT2D eigenvalue weighted by molar-refractivity contribution is 9.10. The fraction of sp³-hybridized carbons (Fsp3) is 0.625. The molecule has 1 heterocycles. The highest BCUT2D eigenvalue weighted by Crippen LogP contribution is 2.32. The van der Waals surface area contributed by atoms with Gasteiger partial charge < -0.3 is 10.6 Å². The number of hydrogen-bond donors (Lipinski definition) is 2. The molecule has 0 radical (unpaired) electrons. The molecule has 2 N–H and O–H groups in total. The first-order valence-corrected chi connectivity index (χ1v) is 8.33. The molecule has 0 bridgehead atoms. The summed E-state index contributed by atoms with van der Waals surface area (Å²) in [6, 6.07) is 10.1. The van der Waals surface area contributed by atoms with Crippen molar-refractivity contribution >= 4 is 15.9 Å². The van der Waals surface area contributed by atoms with Crippen molar-refractivity contribution in [3.05, 3.63) is 34.3 Å². The number of hydrogen-bond acceptors (Lipinski definition) is 2. The van der Waals surface area contributed by atoms with Crippen LogP contribution < -0.4 is 10.6 Å². The van der Waals surface area contributed by atoms with E-state index in [9.17, 15) is 0 Å². The van der Waals surface area contributed by atoms with E-state index < -0.39 is 0 Å². The van der Waals surface area contributed by atoms with Crippen molar-refractivity contribution in [2.75, 3.05) is 6.54 Å². The van der Waals surface area contributed by atoms with Crippen LogP contribution in [0.4, 0.5) is 0 Å². The van der Waals surface area contributed by atoms with Crippen LogP contribution in [0.1, 0.15) is 37.7 Å². The third-order valence-electron chi connectivity index (χ3n) is 4.64. The molecule has 2 nitrogen and oxygen atoms in total. The summed E-state index contributed by atoms with van der Waals surface area (Å²) >= 11 is 3.54. The first-order valence-electron chi connectivity index (χ1n) is 7.54. The Labute approximate surface area is 124 Å². The molecule has 104 valence electrons. The summed E-state index contributed by atoms with van der Waals surface area (Å²) in [5, 5.41) is 7.48. The van der Waals surface area contributed by atoms with Gasteiger partial charge in [-0.2, -0.15) is 0 Å². The van der Waals surface area contributed by atoms with Gasteiger partial charge in [-0.25, -0.2) is 0 Å².